The fourth-order valence-electron chi connectivity index (χ4n) is 7.03. The molecule has 1 N–H and O–H groups in total. The van der Waals surface area contributed by atoms with Gasteiger partial charge < -0.3 is 43.3 Å². The van der Waals surface area contributed by atoms with Crippen LogP contribution in [0.25, 0.3) is 0 Å². The summed E-state index contributed by atoms with van der Waals surface area (Å²) in [5.74, 6) is 0.787. The zero-order valence-corrected chi connectivity index (χ0v) is 27.9. The fraction of sp³-hybridized carbons (Fsp3) is 0.559. The molecule has 1 aliphatic carbocycles. The number of nitrogens with one attached hydrogen (secondary N) is 1. The molecule has 1 atom stereocenters. The Morgan fingerprint density at radius 3 is 2.28 bits per heavy atom. The molecule has 9 heteroatoms. The van der Waals surface area contributed by atoms with Crippen LogP contribution in [0.3, 0.4) is 0 Å². The summed E-state index contributed by atoms with van der Waals surface area (Å²) in [6.45, 7) is 5.26. The predicted octanol–water partition coefficient (Wildman–Crippen LogP) is 3.24. The van der Waals surface area contributed by atoms with Crippen LogP contribution in [-0.2, 0) is 9.53 Å². The molecular formula is C34H46IN3O5. The monoisotopic (exact) mass is 703 g/mol. The van der Waals surface area contributed by atoms with E-state index in [0.29, 0.717) is 22.6 Å². The Morgan fingerprint density at radius 2 is 1.58 bits per heavy atom. The van der Waals surface area contributed by atoms with Crippen LogP contribution in [0.4, 0.5) is 4.79 Å². The van der Waals surface area contributed by atoms with E-state index in [9.17, 15) is 14.4 Å². The number of benzene rings is 2. The van der Waals surface area contributed by atoms with Crippen LogP contribution in [0.15, 0.2) is 42.5 Å². The number of imide groups is 1. The Kier molecular flexibility index (Phi) is 11.5. The third-order valence-corrected chi connectivity index (χ3v) is 9.43. The Bertz CT molecular complexity index is 1280. The van der Waals surface area contributed by atoms with Crippen LogP contribution in [0.5, 0.6) is 11.5 Å². The van der Waals surface area contributed by atoms with Gasteiger partial charge in [0.2, 0.25) is 5.91 Å². The largest absolute Gasteiger partial charge is 1.00 e. The number of halogens is 1. The van der Waals surface area contributed by atoms with Gasteiger partial charge in [-0.1, -0.05) is 50.3 Å². The van der Waals surface area contributed by atoms with E-state index in [4.69, 9.17) is 9.47 Å². The normalized spacial score (nSPS) is 23.6. The number of carbonyl (C=O) groups is 3. The van der Waals surface area contributed by atoms with E-state index in [2.05, 4.69) is 12.4 Å². The molecule has 2 aromatic carbocycles. The number of piperidine rings is 1. The molecule has 5 rings (SSSR count). The number of likely N-dealkylation sites (tertiary alicyclic amines) is 1. The maximum Gasteiger partial charge on any atom is 0.416 e. The maximum atomic E-state index is 14.0. The zero-order chi connectivity index (χ0) is 29.7. The molecule has 0 spiro atoms. The van der Waals surface area contributed by atoms with Crippen LogP contribution in [-0.4, -0.2) is 73.7 Å². The van der Waals surface area contributed by atoms with Gasteiger partial charge in [0.1, 0.15) is 11.5 Å². The van der Waals surface area contributed by atoms with Crippen molar-refractivity contribution in [2.45, 2.75) is 76.7 Å². The van der Waals surface area contributed by atoms with Gasteiger partial charge in [0.15, 0.2) is 0 Å². The standard InChI is InChI=1S/C34H45N3O5.HI/c1-4-41-34(40)36(2)33(39)25-16-17-30-28(22-25)31(27-14-10-11-15-29(27)42-30)32(38)35-26-18-20-37(3,21-19-26)23-24-12-8-6-5-7-9-13-24;/h10-11,14-17,22,24,26,31H,4-9,12-13,18-21,23H2,1-3H3;1H. The van der Waals surface area contributed by atoms with E-state index in [-0.39, 0.29) is 42.5 Å². The van der Waals surface area contributed by atoms with Gasteiger partial charge in [0, 0.05) is 48.5 Å². The second-order valence-electron chi connectivity index (χ2n) is 12.6. The lowest BCUT2D eigenvalue weighted by atomic mass is 9.85. The van der Waals surface area contributed by atoms with Crippen molar-refractivity contribution in [2.24, 2.45) is 5.92 Å². The molecule has 8 nitrogen and oxygen atoms in total. The van der Waals surface area contributed by atoms with Crippen molar-refractivity contribution in [2.75, 3.05) is 40.3 Å². The van der Waals surface area contributed by atoms with Gasteiger partial charge in [-0.05, 0) is 44.0 Å². The van der Waals surface area contributed by atoms with E-state index >= 15 is 0 Å². The van der Waals surface area contributed by atoms with Crippen molar-refractivity contribution in [3.63, 3.8) is 0 Å². The number of para-hydroxylation sites is 1. The lowest BCUT2D eigenvalue weighted by Gasteiger charge is -2.43. The molecule has 1 saturated carbocycles. The van der Waals surface area contributed by atoms with Gasteiger partial charge in [0.05, 0.1) is 39.2 Å². The molecule has 0 radical (unpaired) electrons. The van der Waals surface area contributed by atoms with E-state index in [0.717, 1.165) is 46.8 Å². The first-order valence-electron chi connectivity index (χ1n) is 15.8. The lowest BCUT2D eigenvalue weighted by Crippen LogP contribution is -3.00. The van der Waals surface area contributed by atoms with Crippen LogP contribution < -0.4 is 34.0 Å². The van der Waals surface area contributed by atoms with Crippen molar-refractivity contribution >= 4 is 17.9 Å². The third kappa shape index (κ3) is 7.90. The average molecular weight is 704 g/mol. The van der Waals surface area contributed by atoms with Crippen LogP contribution in [0, 0.1) is 5.92 Å². The first-order chi connectivity index (χ1) is 20.3. The summed E-state index contributed by atoms with van der Waals surface area (Å²) in [6.07, 6.45) is 10.8. The number of amides is 3. The minimum absolute atomic E-state index is 0. The van der Waals surface area contributed by atoms with Gasteiger partial charge in [-0.3, -0.25) is 9.59 Å². The van der Waals surface area contributed by atoms with E-state index in [1.807, 2.05) is 24.3 Å². The third-order valence-electron chi connectivity index (χ3n) is 9.43. The van der Waals surface area contributed by atoms with E-state index in [1.165, 1.54) is 58.5 Å². The number of rotatable bonds is 6. The summed E-state index contributed by atoms with van der Waals surface area (Å²) in [7, 11) is 3.79. The molecule has 234 valence electrons. The van der Waals surface area contributed by atoms with Crippen molar-refractivity contribution in [3.8, 4) is 11.5 Å². The van der Waals surface area contributed by atoms with Crippen LogP contribution >= 0.6 is 0 Å². The highest BCUT2D eigenvalue weighted by molar-refractivity contribution is 6.03. The Hall–Kier alpha value is -2.66. The van der Waals surface area contributed by atoms with Crippen molar-refractivity contribution in [3.05, 3.63) is 59.2 Å². The maximum absolute atomic E-state index is 14.0. The molecule has 2 aromatic rings. The molecule has 2 heterocycles. The summed E-state index contributed by atoms with van der Waals surface area (Å²) >= 11 is 0. The topological polar surface area (TPSA) is 84.9 Å². The van der Waals surface area contributed by atoms with Crippen molar-refractivity contribution in [1.82, 2.24) is 10.2 Å². The van der Waals surface area contributed by atoms with Crippen LogP contribution in [0.1, 0.15) is 92.1 Å². The zero-order valence-electron chi connectivity index (χ0n) is 25.8. The molecule has 3 aliphatic rings. The van der Waals surface area contributed by atoms with Gasteiger partial charge in [-0.25, -0.2) is 9.69 Å². The molecule has 3 amide bonds. The SMILES string of the molecule is CCOC(=O)N(C)C(=O)c1ccc2c(c1)C(C(=O)NC1CC[N+](C)(CC3CCCCCCC3)CC1)c1ccccc1O2.[I-]. The number of nitrogens with zero attached hydrogens (tertiary/aromatic N) is 2. The first kappa shape index (κ1) is 33.2. The average Bonchev–Trinajstić information content (AvgIpc) is 2.97. The number of ether oxygens (including phenoxy) is 2. The molecule has 1 saturated heterocycles. The molecule has 2 fully saturated rings. The predicted molar refractivity (Wildman–Crippen MR) is 162 cm³/mol. The molecular weight excluding hydrogens is 657 g/mol. The minimum atomic E-state index is -0.714. The minimum Gasteiger partial charge on any atom is -1.00 e. The Balaban J connectivity index is 0.00000423. The van der Waals surface area contributed by atoms with Crippen LogP contribution in [0.2, 0.25) is 0 Å². The highest BCUT2D eigenvalue weighted by atomic mass is 127. The van der Waals surface area contributed by atoms with Gasteiger partial charge in [-0.15, -0.1) is 0 Å². The Labute approximate surface area is 273 Å². The van der Waals surface area contributed by atoms with E-state index in [1.54, 1.807) is 25.1 Å². The summed E-state index contributed by atoms with van der Waals surface area (Å²) in [6, 6.07) is 12.7. The van der Waals surface area contributed by atoms with E-state index < -0.39 is 17.9 Å². The molecule has 0 bridgehead atoms. The molecule has 0 aromatic heterocycles. The van der Waals surface area contributed by atoms with Crippen molar-refractivity contribution in [1.29, 1.82) is 0 Å². The summed E-state index contributed by atoms with van der Waals surface area (Å²) in [4.78, 5) is 40.2. The second-order valence-corrected chi connectivity index (χ2v) is 12.6. The van der Waals surface area contributed by atoms with Crippen molar-refractivity contribution < 1.29 is 52.3 Å². The second kappa shape index (κ2) is 14.9. The van der Waals surface area contributed by atoms with Gasteiger partial charge >= 0.3 is 6.09 Å². The summed E-state index contributed by atoms with van der Waals surface area (Å²) in [5.41, 5.74) is 1.69. The number of fused-ring (bicyclic) bond motifs is 2. The quantitative estimate of drug-likeness (QED) is 0.369. The smallest absolute Gasteiger partial charge is 0.416 e. The van der Waals surface area contributed by atoms with Gasteiger partial charge in [0.25, 0.3) is 5.91 Å². The summed E-state index contributed by atoms with van der Waals surface area (Å²) < 4.78 is 12.2. The number of quaternary nitrogens is 1. The highest BCUT2D eigenvalue weighted by Gasteiger charge is 2.37. The molecule has 1 unspecified atom stereocenters. The Morgan fingerprint density at radius 1 is 0.930 bits per heavy atom. The highest BCUT2D eigenvalue weighted by Crippen LogP contribution is 2.44. The fourth-order valence-corrected chi connectivity index (χ4v) is 7.03. The molecule has 43 heavy (non-hydrogen) atoms. The summed E-state index contributed by atoms with van der Waals surface area (Å²) in [5, 5.41) is 3.36. The lowest BCUT2D eigenvalue weighted by molar-refractivity contribution is -0.917. The first-order valence-corrected chi connectivity index (χ1v) is 15.8. The number of hydrogen-bond acceptors (Lipinski definition) is 5. The van der Waals surface area contributed by atoms with Gasteiger partial charge in [-0.2, -0.15) is 0 Å². The molecule has 2 aliphatic heterocycles. The number of carbonyl (C=O) groups excluding carboxylic acids is 3. The number of hydrogen-bond donors (Lipinski definition) is 1.